The first kappa shape index (κ1) is 11.4. The number of benzene rings is 1. The second kappa shape index (κ2) is 3.75. The predicted octanol–water partition coefficient (Wildman–Crippen LogP) is 0.788. The van der Waals surface area contributed by atoms with Gasteiger partial charge in [-0.3, -0.25) is 0 Å². The van der Waals surface area contributed by atoms with Crippen molar-refractivity contribution < 1.29 is 18.6 Å². The fourth-order valence-corrected chi connectivity index (χ4v) is 3.93. The van der Waals surface area contributed by atoms with Crippen LogP contribution in [0.3, 0.4) is 0 Å². The van der Waals surface area contributed by atoms with Gasteiger partial charge in [0, 0.05) is 5.56 Å². The summed E-state index contributed by atoms with van der Waals surface area (Å²) in [5.41, 5.74) is -1.14. The smallest absolute Gasteiger partial charge is 0.153 e. The molecule has 16 heavy (non-hydrogen) atoms. The van der Waals surface area contributed by atoms with Crippen LogP contribution in [0.15, 0.2) is 24.3 Å². The SMILES string of the molecule is O=S1(=O)CCCC(O)(c2ccccc2O)C1. The van der Waals surface area contributed by atoms with Gasteiger partial charge in [-0.25, -0.2) is 8.42 Å². The summed E-state index contributed by atoms with van der Waals surface area (Å²) in [5.74, 6) is -0.248. The molecule has 1 saturated heterocycles. The molecule has 0 aliphatic carbocycles. The van der Waals surface area contributed by atoms with Gasteiger partial charge in [-0.2, -0.15) is 0 Å². The Morgan fingerprint density at radius 3 is 2.56 bits per heavy atom. The van der Waals surface area contributed by atoms with Crippen molar-refractivity contribution in [2.45, 2.75) is 18.4 Å². The average molecular weight is 242 g/mol. The number of para-hydroxylation sites is 1. The van der Waals surface area contributed by atoms with E-state index in [4.69, 9.17) is 0 Å². The topological polar surface area (TPSA) is 74.6 Å². The van der Waals surface area contributed by atoms with Crippen molar-refractivity contribution in [2.24, 2.45) is 0 Å². The largest absolute Gasteiger partial charge is 0.508 e. The molecule has 1 aromatic carbocycles. The molecule has 1 fully saturated rings. The maximum atomic E-state index is 11.5. The first-order chi connectivity index (χ1) is 7.43. The van der Waals surface area contributed by atoms with Gasteiger partial charge in [0.2, 0.25) is 0 Å². The van der Waals surface area contributed by atoms with Crippen LogP contribution in [0.5, 0.6) is 5.75 Å². The molecule has 5 heteroatoms. The number of phenolic OH excluding ortho intramolecular Hbond substituents is 1. The average Bonchev–Trinajstić information content (AvgIpc) is 2.16. The van der Waals surface area contributed by atoms with E-state index < -0.39 is 15.4 Å². The molecule has 0 spiro atoms. The van der Waals surface area contributed by atoms with Gasteiger partial charge in [0.1, 0.15) is 11.4 Å². The highest BCUT2D eigenvalue weighted by Gasteiger charge is 2.40. The zero-order valence-corrected chi connectivity index (χ0v) is 9.57. The summed E-state index contributed by atoms with van der Waals surface area (Å²) in [6.45, 7) is 0. The molecule has 1 atom stereocenters. The minimum atomic E-state index is -3.22. The Balaban J connectivity index is 2.43. The fourth-order valence-electron chi connectivity index (χ4n) is 2.17. The Morgan fingerprint density at radius 2 is 1.94 bits per heavy atom. The summed E-state index contributed by atoms with van der Waals surface area (Å²) >= 11 is 0. The van der Waals surface area contributed by atoms with Crippen molar-refractivity contribution in [1.29, 1.82) is 0 Å². The van der Waals surface area contributed by atoms with E-state index in [9.17, 15) is 18.6 Å². The zero-order chi connectivity index (χ0) is 11.8. The quantitative estimate of drug-likeness (QED) is 0.763. The molecule has 2 N–H and O–H groups in total. The Kier molecular flexibility index (Phi) is 2.67. The minimum Gasteiger partial charge on any atom is -0.508 e. The van der Waals surface area contributed by atoms with Crippen molar-refractivity contribution >= 4 is 9.84 Å². The number of sulfone groups is 1. The van der Waals surface area contributed by atoms with Crippen LogP contribution in [0, 0.1) is 0 Å². The van der Waals surface area contributed by atoms with Gasteiger partial charge in [0.25, 0.3) is 0 Å². The molecule has 0 bridgehead atoms. The van der Waals surface area contributed by atoms with Crippen molar-refractivity contribution in [3.05, 3.63) is 29.8 Å². The second-order valence-electron chi connectivity index (χ2n) is 4.24. The van der Waals surface area contributed by atoms with Gasteiger partial charge in [-0.15, -0.1) is 0 Å². The maximum absolute atomic E-state index is 11.5. The van der Waals surface area contributed by atoms with Gasteiger partial charge in [0.15, 0.2) is 9.84 Å². The van der Waals surface area contributed by atoms with Gasteiger partial charge in [0.05, 0.1) is 11.5 Å². The van der Waals surface area contributed by atoms with Crippen molar-refractivity contribution in [3.63, 3.8) is 0 Å². The third-order valence-corrected chi connectivity index (χ3v) is 4.74. The normalized spacial score (nSPS) is 28.8. The second-order valence-corrected chi connectivity index (χ2v) is 6.43. The van der Waals surface area contributed by atoms with Crippen LogP contribution in [0.25, 0.3) is 0 Å². The van der Waals surface area contributed by atoms with Crippen LogP contribution in [-0.2, 0) is 15.4 Å². The lowest BCUT2D eigenvalue weighted by atomic mass is 9.90. The summed E-state index contributed by atoms with van der Waals surface area (Å²) in [5, 5.41) is 20.0. The summed E-state index contributed by atoms with van der Waals surface area (Å²) in [6.07, 6.45) is 0.789. The van der Waals surface area contributed by atoms with E-state index >= 15 is 0 Å². The lowest BCUT2D eigenvalue weighted by Gasteiger charge is -2.32. The molecule has 0 amide bonds. The highest BCUT2D eigenvalue weighted by Crippen LogP contribution is 2.37. The summed E-state index contributed by atoms with van der Waals surface area (Å²) < 4.78 is 23.0. The van der Waals surface area contributed by atoms with Crippen molar-refractivity contribution in [3.8, 4) is 5.75 Å². The first-order valence-corrected chi connectivity index (χ1v) is 6.96. The molecule has 1 aliphatic heterocycles. The third kappa shape index (κ3) is 2.05. The first-order valence-electron chi connectivity index (χ1n) is 5.14. The molecule has 0 saturated carbocycles. The fraction of sp³-hybridized carbons (Fsp3) is 0.455. The van der Waals surface area contributed by atoms with Crippen LogP contribution in [-0.4, -0.2) is 30.1 Å². The Bertz CT molecular complexity index is 494. The van der Waals surface area contributed by atoms with E-state index in [-0.39, 0.29) is 17.3 Å². The molecule has 0 radical (unpaired) electrons. The maximum Gasteiger partial charge on any atom is 0.153 e. The zero-order valence-electron chi connectivity index (χ0n) is 8.76. The van der Waals surface area contributed by atoms with E-state index in [1.807, 2.05) is 0 Å². The van der Waals surface area contributed by atoms with E-state index in [1.165, 1.54) is 6.07 Å². The highest BCUT2D eigenvalue weighted by molar-refractivity contribution is 7.91. The summed E-state index contributed by atoms with van der Waals surface area (Å²) in [7, 11) is -3.22. The number of hydrogen-bond donors (Lipinski definition) is 2. The number of aromatic hydroxyl groups is 1. The third-order valence-electron chi connectivity index (χ3n) is 2.91. The van der Waals surface area contributed by atoms with Crippen LogP contribution >= 0.6 is 0 Å². The lowest BCUT2D eigenvalue weighted by molar-refractivity contribution is 0.0443. The molecule has 1 aliphatic rings. The molecule has 1 aromatic rings. The van der Waals surface area contributed by atoms with Gasteiger partial charge < -0.3 is 10.2 Å². The van der Waals surface area contributed by atoms with Gasteiger partial charge in [-0.05, 0) is 18.9 Å². The number of aliphatic hydroxyl groups is 1. The van der Waals surface area contributed by atoms with Gasteiger partial charge >= 0.3 is 0 Å². The van der Waals surface area contributed by atoms with Crippen molar-refractivity contribution in [1.82, 2.24) is 0 Å². The minimum absolute atomic E-state index is 0.0536. The highest BCUT2D eigenvalue weighted by atomic mass is 32.2. The molecule has 88 valence electrons. The van der Waals surface area contributed by atoms with Crippen LogP contribution in [0.4, 0.5) is 0 Å². The van der Waals surface area contributed by atoms with Crippen LogP contribution in [0.1, 0.15) is 18.4 Å². The standard InChI is InChI=1S/C11H14O4S/c12-10-5-2-1-4-9(10)11(13)6-3-7-16(14,15)8-11/h1-2,4-5,12-13H,3,6-8H2. The number of hydrogen-bond acceptors (Lipinski definition) is 4. The van der Waals surface area contributed by atoms with Crippen LogP contribution in [0.2, 0.25) is 0 Å². The monoisotopic (exact) mass is 242 g/mol. The van der Waals surface area contributed by atoms with E-state index in [2.05, 4.69) is 0 Å². The Hall–Kier alpha value is -1.07. The Morgan fingerprint density at radius 1 is 1.25 bits per heavy atom. The lowest BCUT2D eigenvalue weighted by Crippen LogP contribution is -2.39. The Labute approximate surface area is 94.5 Å². The van der Waals surface area contributed by atoms with E-state index in [0.717, 1.165) is 0 Å². The molecule has 2 rings (SSSR count). The number of rotatable bonds is 1. The summed E-state index contributed by atoms with van der Waals surface area (Å²) in [6, 6.07) is 6.33. The van der Waals surface area contributed by atoms with Crippen molar-refractivity contribution in [2.75, 3.05) is 11.5 Å². The van der Waals surface area contributed by atoms with E-state index in [0.29, 0.717) is 18.4 Å². The van der Waals surface area contributed by atoms with E-state index in [1.54, 1.807) is 18.2 Å². The predicted molar refractivity (Wildman–Crippen MR) is 59.9 cm³/mol. The molecule has 0 aromatic heterocycles. The molecular weight excluding hydrogens is 228 g/mol. The molecular formula is C11H14O4S. The number of phenols is 1. The molecule has 4 nitrogen and oxygen atoms in total. The summed E-state index contributed by atoms with van der Waals surface area (Å²) in [4.78, 5) is 0. The van der Waals surface area contributed by atoms with Gasteiger partial charge in [-0.1, -0.05) is 18.2 Å². The van der Waals surface area contributed by atoms with Crippen LogP contribution < -0.4 is 0 Å². The molecule has 1 heterocycles. The molecule has 1 unspecified atom stereocenters.